The molecule has 2 aliphatic rings. The lowest BCUT2D eigenvalue weighted by Gasteiger charge is -2.39. The van der Waals surface area contributed by atoms with E-state index >= 15 is 0 Å². The molecule has 108 valence electrons. The highest BCUT2D eigenvalue weighted by Gasteiger charge is 2.42. The summed E-state index contributed by atoms with van der Waals surface area (Å²) in [6.07, 6.45) is 2.22. The van der Waals surface area contributed by atoms with E-state index in [2.05, 4.69) is 59.5 Å². The van der Waals surface area contributed by atoms with E-state index < -0.39 is 0 Å². The second-order valence-electron chi connectivity index (χ2n) is 6.20. The first-order valence-corrected chi connectivity index (χ1v) is 7.84. The molecule has 2 aliphatic heterocycles. The molecule has 0 aromatic heterocycles. The smallest absolute Gasteiger partial charge is 0.0963 e. The largest absolute Gasteiger partial charge is 0.365 e. The fraction of sp³-hybridized carbons (Fsp3) is 0.368. The van der Waals surface area contributed by atoms with Crippen LogP contribution in [0.25, 0.3) is 0 Å². The number of rotatable bonds is 2. The molecule has 1 spiro atoms. The Bertz CT molecular complexity index is 614. The molecule has 0 saturated carbocycles. The summed E-state index contributed by atoms with van der Waals surface area (Å²) in [5.41, 5.74) is 4.21. The lowest BCUT2D eigenvalue weighted by Crippen LogP contribution is -2.42. The molecule has 2 aromatic carbocycles. The summed E-state index contributed by atoms with van der Waals surface area (Å²) < 4.78 is 6.22. The zero-order chi connectivity index (χ0) is 14.1. The molecular formula is C19H21NO. The van der Waals surface area contributed by atoms with Crippen molar-refractivity contribution in [1.29, 1.82) is 0 Å². The lowest BCUT2D eigenvalue weighted by molar-refractivity contribution is -0.0799. The molecular weight excluding hydrogens is 258 g/mol. The van der Waals surface area contributed by atoms with E-state index in [1.807, 2.05) is 0 Å². The first-order chi connectivity index (χ1) is 10.4. The minimum Gasteiger partial charge on any atom is -0.365 e. The standard InChI is InChI=1S/C19H21NO/c1-2-6-16(7-3-1)14-20-12-10-19(11-13-20)18-9-5-4-8-17(18)15-21-19/h1-9H,10-15H2. The molecule has 0 atom stereocenters. The van der Waals surface area contributed by atoms with Crippen molar-refractivity contribution in [3.63, 3.8) is 0 Å². The monoisotopic (exact) mass is 279 g/mol. The Hall–Kier alpha value is -1.64. The van der Waals surface area contributed by atoms with Crippen molar-refractivity contribution in [3.05, 3.63) is 71.3 Å². The second kappa shape index (κ2) is 5.28. The maximum absolute atomic E-state index is 6.22. The van der Waals surface area contributed by atoms with Crippen LogP contribution in [0.3, 0.4) is 0 Å². The molecule has 1 saturated heterocycles. The molecule has 21 heavy (non-hydrogen) atoms. The summed E-state index contributed by atoms with van der Waals surface area (Å²) in [5, 5.41) is 0. The highest BCUT2D eigenvalue weighted by Crippen LogP contribution is 2.44. The molecule has 0 bridgehead atoms. The molecule has 2 heterocycles. The van der Waals surface area contributed by atoms with Gasteiger partial charge in [0.25, 0.3) is 0 Å². The van der Waals surface area contributed by atoms with E-state index in [-0.39, 0.29) is 5.60 Å². The van der Waals surface area contributed by atoms with E-state index in [1.165, 1.54) is 16.7 Å². The highest BCUT2D eigenvalue weighted by atomic mass is 16.5. The Morgan fingerprint density at radius 3 is 2.43 bits per heavy atom. The predicted molar refractivity (Wildman–Crippen MR) is 83.9 cm³/mol. The van der Waals surface area contributed by atoms with E-state index in [4.69, 9.17) is 4.74 Å². The molecule has 0 N–H and O–H groups in total. The first-order valence-electron chi connectivity index (χ1n) is 7.84. The third-order valence-corrected chi connectivity index (χ3v) is 4.92. The van der Waals surface area contributed by atoms with Crippen molar-refractivity contribution >= 4 is 0 Å². The summed E-state index contributed by atoms with van der Waals surface area (Å²) in [6.45, 7) is 4.07. The van der Waals surface area contributed by atoms with Crippen molar-refractivity contribution < 1.29 is 4.74 Å². The van der Waals surface area contributed by atoms with Gasteiger partial charge in [0.2, 0.25) is 0 Å². The van der Waals surface area contributed by atoms with Gasteiger partial charge in [-0.1, -0.05) is 54.6 Å². The molecule has 0 aliphatic carbocycles. The summed E-state index contributed by atoms with van der Waals surface area (Å²) >= 11 is 0. The minimum atomic E-state index is -0.0101. The van der Waals surface area contributed by atoms with Gasteiger partial charge < -0.3 is 4.74 Å². The summed E-state index contributed by atoms with van der Waals surface area (Å²) in [7, 11) is 0. The average Bonchev–Trinajstić information content (AvgIpc) is 2.90. The summed E-state index contributed by atoms with van der Waals surface area (Å²) in [4.78, 5) is 2.55. The molecule has 2 heteroatoms. The Kier molecular flexibility index (Phi) is 3.28. The quantitative estimate of drug-likeness (QED) is 0.831. The van der Waals surface area contributed by atoms with Crippen LogP contribution >= 0.6 is 0 Å². The van der Waals surface area contributed by atoms with Crippen LogP contribution in [0.15, 0.2) is 54.6 Å². The van der Waals surface area contributed by atoms with Gasteiger partial charge in [-0.15, -0.1) is 0 Å². The molecule has 4 rings (SSSR count). The van der Waals surface area contributed by atoms with E-state index in [1.54, 1.807) is 0 Å². The zero-order valence-corrected chi connectivity index (χ0v) is 12.3. The second-order valence-corrected chi connectivity index (χ2v) is 6.20. The van der Waals surface area contributed by atoms with Gasteiger partial charge in [-0.2, -0.15) is 0 Å². The Balaban J connectivity index is 1.46. The minimum absolute atomic E-state index is 0.0101. The Labute approximate surface area is 126 Å². The van der Waals surface area contributed by atoms with Crippen LogP contribution in [0.1, 0.15) is 29.5 Å². The van der Waals surface area contributed by atoms with Crippen LogP contribution in [0.4, 0.5) is 0 Å². The SMILES string of the molecule is c1ccc(CN2CCC3(CC2)OCc2ccccc23)cc1. The van der Waals surface area contributed by atoms with Gasteiger partial charge in [0.05, 0.1) is 12.2 Å². The van der Waals surface area contributed by atoms with Crippen LogP contribution in [0.5, 0.6) is 0 Å². The van der Waals surface area contributed by atoms with Crippen molar-refractivity contribution in [3.8, 4) is 0 Å². The lowest BCUT2D eigenvalue weighted by atomic mass is 9.84. The number of hydrogen-bond donors (Lipinski definition) is 0. The maximum atomic E-state index is 6.22. The molecule has 0 unspecified atom stereocenters. The molecule has 0 radical (unpaired) electrons. The topological polar surface area (TPSA) is 12.5 Å². The highest BCUT2D eigenvalue weighted by molar-refractivity contribution is 5.35. The van der Waals surface area contributed by atoms with Crippen LogP contribution in [0.2, 0.25) is 0 Å². The van der Waals surface area contributed by atoms with Crippen molar-refractivity contribution in [2.75, 3.05) is 13.1 Å². The fourth-order valence-corrected chi connectivity index (χ4v) is 3.71. The van der Waals surface area contributed by atoms with Gasteiger partial charge in [0.1, 0.15) is 0 Å². The van der Waals surface area contributed by atoms with Gasteiger partial charge in [0.15, 0.2) is 0 Å². The number of ether oxygens (including phenoxy) is 1. The summed E-state index contributed by atoms with van der Waals surface area (Å²) in [6, 6.07) is 19.5. The number of likely N-dealkylation sites (tertiary alicyclic amines) is 1. The van der Waals surface area contributed by atoms with Crippen molar-refractivity contribution in [1.82, 2.24) is 4.90 Å². The number of hydrogen-bond acceptors (Lipinski definition) is 2. The Morgan fingerprint density at radius 2 is 1.62 bits per heavy atom. The molecule has 2 aromatic rings. The third kappa shape index (κ3) is 2.39. The number of piperidine rings is 1. The van der Waals surface area contributed by atoms with E-state index in [9.17, 15) is 0 Å². The Morgan fingerprint density at radius 1 is 0.905 bits per heavy atom. The van der Waals surface area contributed by atoms with Crippen LogP contribution in [0, 0.1) is 0 Å². The van der Waals surface area contributed by atoms with Crippen LogP contribution in [-0.2, 0) is 23.5 Å². The average molecular weight is 279 g/mol. The number of benzene rings is 2. The number of fused-ring (bicyclic) bond motifs is 2. The number of nitrogens with zero attached hydrogens (tertiary/aromatic N) is 1. The van der Waals surface area contributed by atoms with Gasteiger partial charge in [-0.3, -0.25) is 4.90 Å². The maximum Gasteiger partial charge on any atom is 0.0963 e. The van der Waals surface area contributed by atoms with Crippen molar-refractivity contribution in [2.45, 2.75) is 31.6 Å². The van der Waals surface area contributed by atoms with Gasteiger partial charge in [-0.25, -0.2) is 0 Å². The normalized spacial score (nSPS) is 20.6. The van der Waals surface area contributed by atoms with Gasteiger partial charge >= 0.3 is 0 Å². The van der Waals surface area contributed by atoms with Gasteiger partial charge in [0, 0.05) is 19.6 Å². The van der Waals surface area contributed by atoms with E-state index in [0.29, 0.717) is 0 Å². The molecule has 0 amide bonds. The first kappa shape index (κ1) is 13.1. The zero-order valence-electron chi connectivity index (χ0n) is 12.3. The molecule has 1 fully saturated rings. The van der Waals surface area contributed by atoms with Crippen LogP contribution in [-0.4, -0.2) is 18.0 Å². The van der Waals surface area contributed by atoms with Crippen LogP contribution < -0.4 is 0 Å². The fourth-order valence-electron chi connectivity index (χ4n) is 3.71. The van der Waals surface area contributed by atoms with Crippen molar-refractivity contribution in [2.24, 2.45) is 0 Å². The van der Waals surface area contributed by atoms with Gasteiger partial charge in [-0.05, 0) is 29.5 Å². The summed E-state index contributed by atoms with van der Waals surface area (Å²) in [5.74, 6) is 0. The molecule has 2 nitrogen and oxygen atoms in total. The third-order valence-electron chi connectivity index (χ3n) is 4.92. The van der Waals surface area contributed by atoms with E-state index in [0.717, 1.165) is 39.1 Å². The predicted octanol–water partition coefficient (Wildman–Crippen LogP) is 3.71.